The Morgan fingerprint density at radius 2 is 2.29 bits per heavy atom. The highest BCUT2D eigenvalue weighted by Crippen LogP contribution is 2.15. The summed E-state index contributed by atoms with van der Waals surface area (Å²) in [5.41, 5.74) is 1.15. The van der Waals surface area contributed by atoms with Gasteiger partial charge in [-0.25, -0.2) is 4.98 Å². The van der Waals surface area contributed by atoms with Crippen molar-refractivity contribution in [3.63, 3.8) is 0 Å². The zero-order valence-corrected chi connectivity index (χ0v) is 12.0. The summed E-state index contributed by atoms with van der Waals surface area (Å²) < 4.78 is 5.04. The lowest BCUT2D eigenvalue weighted by molar-refractivity contribution is 0.161. The summed E-state index contributed by atoms with van der Waals surface area (Å²) >= 11 is 1.71. The van der Waals surface area contributed by atoms with Crippen LogP contribution in [0.2, 0.25) is 0 Å². The Hall–Kier alpha value is -0.490. The van der Waals surface area contributed by atoms with E-state index in [0.717, 1.165) is 36.9 Å². The standard InChI is InChI=1S/C12H23N3OS/c1-10(12-9-17-11(2)14-12)13-5-6-15(3)7-8-16-4/h9-10,13H,5-8H2,1-4H3. The summed E-state index contributed by atoms with van der Waals surface area (Å²) in [6, 6.07) is 0.329. The molecule has 0 fully saturated rings. The molecule has 1 aromatic rings. The first kappa shape index (κ1) is 14.6. The molecule has 0 aliphatic heterocycles. The Morgan fingerprint density at radius 3 is 2.88 bits per heavy atom. The Morgan fingerprint density at radius 1 is 1.53 bits per heavy atom. The predicted octanol–water partition coefficient (Wildman–Crippen LogP) is 1.68. The number of methoxy groups -OCH3 is 1. The largest absolute Gasteiger partial charge is 0.383 e. The number of hydrogen-bond acceptors (Lipinski definition) is 5. The average molecular weight is 257 g/mol. The molecule has 0 bridgehead atoms. The van der Waals surface area contributed by atoms with Crippen LogP contribution in [0.4, 0.5) is 0 Å². The van der Waals surface area contributed by atoms with Crippen molar-refractivity contribution < 1.29 is 4.74 Å². The van der Waals surface area contributed by atoms with E-state index in [1.807, 2.05) is 6.92 Å². The minimum Gasteiger partial charge on any atom is -0.383 e. The molecule has 1 heterocycles. The molecule has 0 radical (unpaired) electrons. The summed E-state index contributed by atoms with van der Waals surface area (Å²) in [5, 5.41) is 6.74. The van der Waals surface area contributed by atoms with Gasteiger partial charge in [-0.2, -0.15) is 0 Å². The van der Waals surface area contributed by atoms with Crippen LogP contribution in [0, 0.1) is 6.92 Å². The molecule has 1 aromatic heterocycles. The normalized spacial score (nSPS) is 13.2. The quantitative estimate of drug-likeness (QED) is 0.769. The van der Waals surface area contributed by atoms with Crippen molar-refractivity contribution in [2.45, 2.75) is 19.9 Å². The average Bonchev–Trinajstić information content (AvgIpc) is 2.73. The van der Waals surface area contributed by atoms with Crippen LogP contribution in [-0.2, 0) is 4.74 Å². The fraction of sp³-hybridized carbons (Fsp3) is 0.750. The molecule has 0 aromatic carbocycles. The van der Waals surface area contributed by atoms with Gasteiger partial charge in [0.15, 0.2) is 0 Å². The van der Waals surface area contributed by atoms with Crippen LogP contribution in [0.5, 0.6) is 0 Å². The first-order chi connectivity index (χ1) is 8.13. The van der Waals surface area contributed by atoms with E-state index in [9.17, 15) is 0 Å². The molecule has 17 heavy (non-hydrogen) atoms. The fourth-order valence-corrected chi connectivity index (χ4v) is 2.22. The molecule has 0 saturated carbocycles. The van der Waals surface area contributed by atoms with Gasteiger partial charge in [0.05, 0.1) is 17.3 Å². The van der Waals surface area contributed by atoms with Gasteiger partial charge < -0.3 is 15.0 Å². The van der Waals surface area contributed by atoms with E-state index in [1.165, 1.54) is 0 Å². The van der Waals surface area contributed by atoms with Crippen LogP contribution in [0.25, 0.3) is 0 Å². The molecular formula is C12H23N3OS. The number of rotatable bonds is 8. The third-order valence-corrected chi connectivity index (χ3v) is 3.49. The molecule has 0 saturated heterocycles. The monoisotopic (exact) mass is 257 g/mol. The summed E-state index contributed by atoms with van der Waals surface area (Å²) in [6.07, 6.45) is 0. The summed E-state index contributed by atoms with van der Waals surface area (Å²) in [7, 11) is 3.84. The molecular weight excluding hydrogens is 234 g/mol. The van der Waals surface area contributed by atoms with Crippen LogP contribution in [0.3, 0.4) is 0 Å². The van der Waals surface area contributed by atoms with Gasteiger partial charge in [-0.3, -0.25) is 0 Å². The van der Waals surface area contributed by atoms with Gasteiger partial charge >= 0.3 is 0 Å². The van der Waals surface area contributed by atoms with Crippen molar-refractivity contribution in [1.82, 2.24) is 15.2 Å². The summed E-state index contributed by atoms with van der Waals surface area (Å²) in [6.45, 7) is 7.96. The number of nitrogens with one attached hydrogen (secondary N) is 1. The topological polar surface area (TPSA) is 37.4 Å². The highest BCUT2D eigenvalue weighted by atomic mass is 32.1. The Balaban J connectivity index is 2.18. The van der Waals surface area contributed by atoms with Crippen LogP contribution in [-0.4, -0.2) is 50.3 Å². The molecule has 4 nitrogen and oxygen atoms in total. The second-order valence-corrected chi connectivity index (χ2v) is 5.33. The summed E-state index contributed by atoms with van der Waals surface area (Å²) in [5.74, 6) is 0. The molecule has 98 valence electrons. The highest BCUT2D eigenvalue weighted by Gasteiger charge is 2.08. The van der Waals surface area contributed by atoms with Gasteiger partial charge in [0.1, 0.15) is 0 Å². The molecule has 0 aliphatic rings. The number of aryl methyl sites for hydroxylation is 1. The van der Waals surface area contributed by atoms with Crippen LogP contribution in [0.1, 0.15) is 23.7 Å². The Kier molecular flexibility index (Phi) is 6.65. The van der Waals surface area contributed by atoms with Crippen LogP contribution < -0.4 is 5.32 Å². The lowest BCUT2D eigenvalue weighted by Crippen LogP contribution is -2.32. The Labute approximate surface area is 108 Å². The lowest BCUT2D eigenvalue weighted by Gasteiger charge is -2.18. The van der Waals surface area contributed by atoms with Gasteiger partial charge in [0.25, 0.3) is 0 Å². The number of likely N-dealkylation sites (N-methyl/N-ethyl adjacent to an activating group) is 1. The van der Waals surface area contributed by atoms with Crippen LogP contribution >= 0.6 is 11.3 Å². The first-order valence-corrected chi connectivity index (χ1v) is 6.84. The summed E-state index contributed by atoms with van der Waals surface area (Å²) in [4.78, 5) is 6.74. The third-order valence-electron chi connectivity index (χ3n) is 2.70. The van der Waals surface area contributed by atoms with E-state index >= 15 is 0 Å². The van der Waals surface area contributed by atoms with E-state index in [-0.39, 0.29) is 0 Å². The molecule has 1 atom stereocenters. The van der Waals surface area contributed by atoms with Crippen molar-refractivity contribution in [1.29, 1.82) is 0 Å². The van der Waals surface area contributed by atoms with E-state index in [1.54, 1.807) is 18.4 Å². The predicted molar refractivity (Wildman–Crippen MR) is 72.6 cm³/mol. The fourth-order valence-electron chi connectivity index (χ4n) is 1.51. The number of hydrogen-bond donors (Lipinski definition) is 1. The maximum absolute atomic E-state index is 5.04. The highest BCUT2D eigenvalue weighted by molar-refractivity contribution is 7.09. The number of aromatic nitrogens is 1. The van der Waals surface area contributed by atoms with Gasteiger partial charge in [-0.05, 0) is 20.9 Å². The van der Waals surface area contributed by atoms with Crippen molar-refractivity contribution in [2.75, 3.05) is 40.4 Å². The second-order valence-electron chi connectivity index (χ2n) is 4.26. The third kappa shape index (κ3) is 5.59. The van der Waals surface area contributed by atoms with E-state index in [4.69, 9.17) is 4.74 Å². The van der Waals surface area contributed by atoms with Gasteiger partial charge in [0.2, 0.25) is 0 Å². The maximum atomic E-state index is 5.04. The van der Waals surface area contributed by atoms with Crippen molar-refractivity contribution >= 4 is 11.3 Å². The first-order valence-electron chi connectivity index (χ1n) is 5.96. The smallest absolute Gasteiger partial charge is 0.0898 e. The zero-order valence-electron chi connectivity index (χ0n) is 11.2. The van der Waals surface area contributed by atoms with Crippen molar-refractivity contribution in [3.05, 3.63) is 16.1 Å². The SMILES string of the molecule is COCCN(C)CCNC(C)c1csc(C)n1. The molecule has 5 heteroatoms. The van der Waals surface area contributed by atoms with E-state index in [2.05, 4.69) is 34.6 Å². The molecule has 0 aliphatic carbocycles. The minimum absolute atomic E-state index is 0.329. The number of nitrogens with zero attached hydrogens (tertiary/aromatic N) is 2. The Bertz CT molecular complexity index is 316. The number of ether oxygens (including phenoxy) is 1. The van der Waals surface area contributed by atoms with Crippen LogP contribution in [0.15, 0.2) is 5.38 Å². The zero-order chi connectivity index (χ0) is 12.7. The van der Waals surface area contributed by atoms with Gasteiger partial charge in [-0.15, -0.1) is 11.3 Å². The molecule has 1 rings (SSSR count). The van der Waals surface area contributed by atoms with E-state index in [0.29, 0.717) is 6.04 Å². The molecule has 1 unspecified atom stereocenters. The minimum atomic E-state index is 0.329. The molecule has 0 spiro atoms. The lowest BCUT2D eigenvalue weighted by atomic mass is 10.2. The molecule has 0 amide bonds. The van der Waals surface area contributed by atoms with Crippen molar-refractivity contribution in [2.24, 2.45) is 0 Å². The maximum Gasteiger partial charge on any atom is 0.0898 e. The van der Waals surface area contributed by atoms with E-state index < -0.39 is 0 Å². The molecule has 1 N–H and O–H groups in total. The van der Waals surface area contributed by atoms with Crippen molar-refractivity contribution in [3.8, 4) is 0 Å². The van der Waals surface area contributed by atoms with Gasteiger partial charge in [0, 0.05) is 38.2 Å². The number of thiazole rings is 1. The second kappa shape index (κ2) is 7.76. The van der Waals surface area contributed by atoms with Gasteiger partial charge in [-0.1, -0.05) is 0 Å².